The molecule has 11 heteroatoms. The van der Waals surface area contributed by atoms with E-state index in [2.05, 4.69) is 9.97 Å². The van der Waals surface area contributed by atoms with E-state index in [1.54, 1.807) is 43.1 Å². The third-order valence-corrected chi connectivity index (χ3v) is 6.05. The van der Waals surface area contributed by atoms with Gasteiger partial charge in [0.1, 0.15) is 22.9 Å². The largest absolute Gasteiger partial charge is 0.494 e. The van der Waals surface area contributed by atoms with E-state index < -0.39 is 9.84 Å². The van der Waals surface area contributed by atoms with Crippen molar-refractivity contribution >= 4 is 21.1 Å². The number of rotatable bonds is 9. The summed E-state index contributed by atoms with van der Waals surface area (Å²) in [5.41, 5.74) is 2.73. The molecular weight excluding hydrogens is 470 g/mol. The lowest BCUT2D eigenvalue weighted by Crippen LogP contribution is -2.10. The Hall–Kier alpha value is -3.73. The molecule has 3 aromatic heterocycles. The Morgan fingerprint density at radius 2 is 1.57 bits per heavy atom. The molecule has 4 rings (SSSR count). The lowest BCUT2D eigenvalue weighted by molar-refractivity contribution is 0.327. The van der Waals surface area contributed by atoms with Gasteiger partial charge in [-0.25, -0.2) is 28.4 Å². The lowest BCUT2D eigenvalue weighted by Gasteiger charge is -2.16. The maximum absolute atomic E-state index is 12.1. The van der Waals surface area contributed by atoms with Crippen LogP contribution in [0.1, 0.15) is 25.2 Å². The molecule has 3 heterocycles. The van der Waals surface area contributed by atoms with Crippen LogP contribution in [0.5, 0.6) is 17.4 Å². The number of nitrogens with zero attached hydrogens (tertiary/aromatic N) is 5. The van der Waals surface area contributed by atoms with E-state index in [1.807, 2.05) is 26.0 Å². The Bertz CT molecular complexity index is 1460. The molecule has 10 nitrogen and oxygen atoms in total. The van der Waals surface area contributed by atoms with Gasteiger partial charge >= 0.3 is 0 Å². The standard InChI is InChI=1S/C24H27N5O5S/c1-6-15-17(14-35(5,30)31)27-24-22(26-15)28-23(16-10-8-13-20(25-16)34-7-2)29(24)21-18(32-3)11-9-12-19(21)33-4/h8-13H,6-7,14H2,1-5H3. The van der Waals surface area contributed by atoms with Crippen molar-refractivity contribution in [1.82, 2.24) is 24.5 Å². The minimum absolute atomic E-state index is 0.235. The third kappa shape index (κ3) is 4.90. The molecule has 0 N–H and O–H groups in total. The van der Waals surface area contributed by atoms with E-state index in [1.165, 1.54) is 6.26 Å². The number of para-hydroxylation sites is 1. The van der Waals surface area contributed by atoms with Crippen LogP contribution in [-0.2, 0) is 22.0 Å². The quantitative estimate of drug-likeness (QED) is 0.343. The smallest absolute Gasteiger partial charge is 0.213 e. The number of aromatic nitrogens is 5. The Kier molecular flexibility index (Phi) is 6.88. The van der Waals surface area contributed by atoms with Gasteiger partial charge in [0.15, 0.2) is 27.0 Å². The van der Waals surface area contributed by atoms with Gasteiger partial charge in [-0.15, -0.1) is 0 Å². The molecule has 0 saturated heterocycles. The van der Waals surface area contributed by atoms with Gasteiger partial charge in [0, 0.05) is 12.3 Å². The number of aryl methyl sites for hydroxylation is 1. The van der Waals surface area contributed by atoms with Crippen LogP contribution < -0.4 is 14.2 Å². The van der Waals surface area contributed by atoms with Gasteiger partial charge in [-0.2, -0.15) is 0 Å². The summed E-state index contributed by atoms with van der Waals surface area (Å²) in [6.07, 6.45) is 1.68. The van der Waals surface area contributed by atoms with Crippen molar-refractivity contribution in [2.75, 3.05) is 27.1 Å². The summed E-state index contributed by atoms with van der Waals surface area (Å²) in [5, 5.41) is 0. The highest BCUT2D eigenvalue weighted by Gasteiger charge is 2.25. The van der Waals surface area contributed by atoms with Crippen LogP contribution >= 0.6 is 0 Å². The number of pyridine rings is 1. The Labute approximate surface area is 203 Å². The van der Waals surface area contributed by atoms with Crippen molar-refractivity contribution in [2.24, 2.45) is 0 Å². The van der Waals surface area contributed by atoms with Gasteiger partial charge in [0.05, 0.1) is 38.0 Å². The van der Waals surface area contributed by atoms with Gasteiger partial charge in [0.2, 0.25) is 5.88 Å². The van der Waals surface area contributed by atoms with Crippen LogP contribution in [-0.4, -0.2) is 60.0 Å². The second kappa shape index (κ2) is 9.87. The van der Waals surface area contributed by atoms with Crippen LogP contribution in [0.4, 0.5) is 0 Å². The molecule has 0 radical (unpaired) electrons. The first kappa shape index (κ1) is 24.4. The summed E-state index contributed by atoms with van der Waals surface area (Å²) >= 11 is 0. The molecule has 0 spiro atoms. The highest BCUT2D eigenvalue weighted by molar-refractivity contribution is 7.89. The first-order valence-electron chi connectivity index (χ1n) is 11.1. The second-order valence-electron chi connectivity index (χ2n) is 7.76. The molecule has 0 bridgehead atoms. The molecule has 0 aliphatic heterocycles. The van der Waals surface area contributed by atoms with Gasteiger partial charge in [-0.05, 0) is 31.5 Å². The van der Waals surface area contributed by atoms with Crippen LogP contribution in [0.25, 0.3) is 28.5 Å². The van der Waals surface area contributed by atoms with Crippen LogP contribution in [0.3, 0.4) is 0 Å². The fourth-order valence-electron chi connectivity index (χ4n) is 3.81. The summed E-state index contributed by atoms with van der Waals surface area (Å²) in [4.78, 5) is 18.8. The molecule has 35 heavy (non-hydrogen) atoms. The predicted molar refractivity (Wildman–Crippen MR) is 132 cm³/mol. The zero-order chi connectivity index (χ0) is 25.2. The lowest BCUT2D eigenvalue weighted by atomic mass is 10.2. The molecule has 0 unspecified atom stereocenters. The van der Waals surface area contributed by atoms with E-state index in [0.717, 1.165) is 0 Å². The van der Waals surface area contributed by atoms with Crippen molar-refractivity contribution < 1.29 is 22.6 Å². The number of hydrogen-bond acceptors (Lipinski definition) is 9. The maximum Gasteiger partial charge on any atom is 0.213 e. The molecule has 0 atom stereocenters. The van der Waals surface area contributed by atoms with E-state index in [4.69, 9.17) is 24.2 Å². The first-order valence-corrected chi connectivity index (χ1v) is 13.1. The van der Waals surface area contributed by atoms with Gasteiger partial charge < -0.3 is 14.2 Å². The fourth-order valence-corrected chi connectivity index (χ4v) is 4.54. The SMILES string of the molecule is CCOc1cccc(-c2nc3nc(CC)c(CS(C)(=O)=O)nc3n2-c2c(OC)cccc2OC)n1. The fraction of sp³-hybridized carbons (Fsp3) is 0.333. The summed E-state index contributed by atoms with van der Waals surface area (Å²) in [6, 6.07) is 10.8. The number of fused-ring (bicyclic) bond motifs is 1. The monoisotopic (exact) mass is 497 g/mol. The third-order valence-electron chi connectivity index (χ3n) is 5.25. The Morgan fingerprint density at radius 3 is 2.17 bits per heavy atom. The molecule has 0 saturated carbocycles. The van der Waals surface area contributed by atoms with Crippen LogP contribution in [0.2, 0.25) is 0 Å². The van der Waals surface area contributed by atoms with Crippen LogP contribution in [0.15, 0.2) is 36.4 Å². The predicted octanol–water partition coefficient (Wildman–Crippen LogP) is 3.40. The second-order valence-corrected chi connectivity index (χ2v) is 9.90. The topological polar surface area (TPSA) is 118 Å². The Morgan fingerprint density at radius 1 is 0.886 bits per heavy atom. The highest BCUT2D eigenvalue weighted by Crippen LogP contribution is 2.38. The summed E-state index contributed by atoms with van der Waals surface area (Å²) in [5.74, 6) is 1.67. The summed E-state index contributed by atoms with van der Waals surface area (Å²) < 4.78 is 42.9. The zero-order valence-corrected chi connectivity index (χ0v) is 21.1. The van der Waals surface area contributed by atoms with Gasteiger partial charge in [-0.3, -0.25) is 4.57 Å². The van der Waals surface area contributed by atoms with E-state index in [0.29, 0.717) is 70.3 Å². The molecule has 4 aromatic rings. The average molecular weight is 498 g/mol. The molecule has 0 aliphatic carbocycles. The molecule has 0 amide bonds. The van der Waals surface area contributed by atoms with Crippen molar-refractivity contribution in [1.29, 1.82) is 0 Å². The Balaban J connectivity index is 2.11. The van der Waals surface area contributed by atoms with E-state index in [-0.39, 0.29) is 5.75 Å². The number of methoxy groups -OCH3 is 2. The summed E-state index contributed by atoms with van der Waals surface area (Å²) in [6.45, 7) is 4.24. The minimum atomic E-state index is -3.35. The molecule has 0 fully saturated rings. The first-order chi connectivity index (χ1) is 16.8. The van der Waals surface area contributed by atoms with E-state index >= 15 is 0 Å². The van der Waals surface area contributed by atoms with Gasteiger partial charge in [-0.1, -0.05) is 19.1 Å². The van der Waals surface area contributed by atoms with Crippen molar-refractivity contribution in [3.05, 3.63) is 47.8 Å². The average Bonchev–Trinajstić information content (AvgIpc) is 3.20. The molecule has 184 valence electrons. The van der Waals surface area contributed by atoms with Crippen molar-refractivity contribution in [2.45, 2.75) is 26.0 Å². The zero-order valence-electron chi connectivity index (χ0n) is 20.3. The molecule has 0 aliphatic rings. The number of ether oxygens (including phenoxy) is 3. The minimum Gasteiger partial charge on any atom is -0.494 e. The highest BCUT2D eigenvalue weighted by atomic mass is 32.2. The number of benzene rings is 1. The van der Waals surface area contributed by atoms with Crippen molar-refractivity contribution in [3.63, 3.8) is 0 Å². The normalized spacial score (nSPS) is 11.6. The number of imidazole rings is 1. The molecular formula is C24H27N5O5S. The molecule has 1 aromatic carbocycles. The number of sulfone groups is 1. The number of hydrogen-bond donors (Lipinski definition) is 0. The maximum atomic E-state index is 12.1. The van der Waals surface area contributed by atoms with Crippen LogP contribution in [0, 0.1) is 0 Å². The van der Waals surface area contributed by atoms with Gasteiger partial charge in [0.25, 0.3) is 0 Å². The van der Waals surface area contributed by atoms with E-state index in [9.17, 15) is 8.42 Å². The van der Waals surface area contributed by atoms with Crippen molar-refractivity contribution in [3.8, 4) is 34.6 Å². The summed E-state index contributed by atoms with van der Waals surface area (Å²) in [7, 11) is -0.236.